The highest BCUT2D eigenvalue weighted by atomic mass is 31.1. The molecule has 0 bridgehead atoms. The van der Waals surface area contributed by atoms with Crippen molar-refractivity contribution in [1.29, 1.82) is 0 Å². The van der Waals surface area contributed by atoms with Gasteiger partial charge in [-0.2, -0.15) is 0 Å². The number of nitrogens with zero attached hydrogens (tertiary/aromatic N) is 5. The number of non-ortho nitro benzene ring substituents is 1. The van der Waals surface area contributed by atoms with Crippen LogP contribution in [-0.2, 0) is 23.7 Å². The topological polar surface area (TPSA) is 204 Å². The first-order valence-electron chi connectivity index (χ1n) is 13.3. The summed E-state index contributed by atoms with van der Waals surface area (Å²) in [4.78, 5) is 52.2. The molecule has 1 aromatic carbocycles. The number of carboxylic acids is 3. The fraction of sp³-hybridized carbons (Fsp3) is 0.640. The van der Waals surface area contributed by atoms with E-state index in [1.54, 1.807) is 26.5 Å². The Hall–Kier alpha value is -3.27. The van der Waals surface area contributed by atoms with E-state index in [1.807, 2.05) is 0 Å². The van der Waals surface area contributed by atoms with E-state index in [9.17, 15) is 44.4 Å². The fourth-order valence-electron chi connectivity index (χ4n) is 4.75. The highest BCUT2D eigenvalue weighted by molar-refractivity contribution is 7.24. The molecule has 1 aromatic rings. The highest BCUT2D eigenvalue weighted by Crippen LogP contribution is 2.38. The number of nitro groups is 1. The predicted octanol–water partition coefficient (Wildman–Crippen LogP) is 0.774. The first-order chi connectivity index (χ1) is 20.0. The number of carbonyl (C=O) groups is 3. The van der Waals surface area contributed by atoms with Crippen LogP contribution in [0.2, 0.25) is 0 Å². The maximum atomic E-state index is 12.8. The van der Waals surface area contributed by atoms with Crippen LogP contribution < -0.4 is 4.74 Å². The first kappa shape index (κ1) is 34.9. The standard InChI is InChI=1S/C25H38N5O11P/c1-3-41-24(19-14-18(30(37)38)4-5-20(19)40-2)25(42-39)29-12-10-27(16-22(33)34)8-6-26(15-21(31)32)7-9-28(11-13-29)17-23(35)36/h4-5,14,24-25H,3,6-13,15-17H2,1-2H3,(H,31,32)(H,33,34)(H,35,36). The minimum Gasteiger partial charge on any atom is -0.496 e. The van der Waals surface area contributed by atoms with Crippen molar-refractivity contribution in [2.75, 3.05) is 85.7 Å². The van der Waals surface area contributed by atoms with Crippen molar-refractivity contribution in [2.45, 2.75) is 18.8 Å². The van der Waals surface area contributed by atoms with E-state index in [1.165, 1.54) is 25.3 Å². The molecule has 1 heterocycles. The van der Waals surface area contributed by atoms with Gasteiger partial charge >= 0.3 is 17.9 Å². The molecule has 234 valence electrons. The van der Waals surface area contributed by atoms with E-state index in [-0.39, 0.29) is 92.7 Å². The summed E-state index contributed by atoms with van der Waals surface area (Å²) in [6.07, 6.45) is -0.955. The van der Waals surface area contributed by atoms with Gasteiger partial charge in [0.05, 0.1) is 31.7 Å². The molecule has 1 saturated heterocycles. The molecule has 1 fully saturated rings. The molecule has 0 aromatic heterocycles. The van der Waals surface area contributed by atoms with Gasteiger partial charge in [0.1, 0.15) is 17.6 Å². The van der Waals surface area contributed by atoms with Gasteiger partial charge in [0.2, 0.25) is 0 Å². The summed E-state index contributed by atoms with van der Waals surface area (Å²) in [6.45, 7) is 2.66. The van der Waals surface area contributed by atoms with Crippen LogP contribution in [0.1, 0.15) is 18.6 Å². The lowest BCUT2D eigenvalue weighted by Gasteiger charge is -2.37. The summed E-state index contributed by atoms with van der Waals surface area (Å²) in [5.74, 6) is -3.80. The van der Waals surface area contributed by atoms with Crippen LogP contribution in [0.3, 0.4) is 0 Å². The number of hydrogen-bond donors (Lipinski definition) is 3. The smallest absolute Gasteiger partial charge is 0.317 e. The van der Waals surface area contributed by atoms with Crippen LogP contribution in [0.4, 0.5) is 5.69 Å². The van der Waals surface area contributed by atoms with Crippen LogP contribution in [-0.4, -0.2) is 149 Å². The number of rotatable bonds is 14. The molecule has 42 heavy (non-hydrogen) atoms. The van der Waals surface area contributed by atoms with Crippen LogP contribution in [0.25, 0.3) is 0 Å². The molecule has 0 spiro atoms. The van der Waals surface area contributed by atoms with Crippen molar-refractivity contribution in [3.63, 3.8) is 0 Å². The summed E-state index contributed by atoms with van der Waals surface area (Å²) >= 11 is 0. The number of nitro benzene ring substituents is 1. The molecule has 0 aliphatic carbocycles. The Kier molecular flexibility index (Phi) is 14.7. The van der Waals surface area contributed by atoms with E-state index >= 15 is 0 Å². The summed E-state index contributed by atoms with van der Waals surface area (Å²) < 4.78 is 24.2. The molecule has 1 aliphatic rings. The molecule has 0 saturated carbocycles. The zero-order valence-electron chi connectivity index (χ0n) is 23.7. The van der Waals surface area contributed by atoms with Crippen LogP contribution in [0, 0.1) is 10.1 Å². The SMILES string of the molecule is CCOC(c1cc([N+](=O)[O-])ccc1OC)C(P=O)N1CCN(CC(=O)O)CCN(CC(=O)O)CCN(CC(=O)O)CC1. The van der Waals surface area contributed by atoms with Gasteiger partial charge in [0, 0.05) is 76.7 Å². The molecule has 3 N–H and O–H groups in total. The summed E-state index contributed by atoms with van der Waals surface area (Å²) in [5.41, 5.74) is 0.0961. The predicted molar refractivity (Wildman–Crippen MR) is 149 cm³/mol. The Morgan fingerprint density at radius 3 is 1.71 bits per heavy atom. The average Bonchev–Trinajstić information content (AvgIpc) is 2.92. The average molecular weight is 616 g/mol. The maximum Gasteiger partial charge on any atom is 0.317 e. The zero-order chi connectivity index (χ0) is 31.2. The molecule has 17 heteroatoms. The fourth-order valence-corrected chi connectivity index (χ4v) is 5.47. The van der Waals surface area contributed by atoms with Crippen molar-refractivity contribution in [3.05, 3.63) is 33.9 Å². The number of hydrogen-bond acceptors (Lipinski definition) is 12. The lowest BCUT2D eigenvalue weighted by Crippen LogP contribution is -2.50. The van der Waals surface area contributed by atoms with E-state index in [0.717, 1.165) is 0 Å². The molecular weight excluding hydrogens is 577 g/mol. The lowest BCUT2D eigenvalue weighted by atomic mass is 10.1. The number of carboxylic acid groups (broad SMARTS) is 3. The molecule has 0 amide bonds. The minimum atomic E-state index is -1.07. The second-order valence-corrected chi connectivity index (χ2v) is 10.4. The number of aliphatic carboxylic acids is 3. The molecule has 2 unspecified atom stereocenters. The van der Waals surface area contributed by atoms with Crippen molar-refractivity contribution in [1.82, 2.24) is 19.6 Å². The van der Waals surface area contributed by atoms with Crippen LogP contribution >= 0.6 is 8.46 Å². The van der Waals surface area contributed by atoms with E-state index in [0.29, 0.717) is 11.3 Å². The van der Waals surface area contributed by atoms with Gasteiger partial charge in [-0.05, 0) is 13.0 Å². The van der Waals surface area contributed by atoms with Crippen LogP contribution in [0.15, 0.2) is 18.2 Å². The van der Waals surface area contributed by atoms with Gasteiger partial charge < -0.3 is 24.8 Å². The Morgan fingerprint density at radius 2 is 1.36 bits per heavy atom. The number of ether oxygens (including phenoxy) is 2. The molecule has 0 radical (unpaired) electrons. The van der Waals surface area contributed by atoms with Gasteiger partial charge in [-0.3, -0.25) is 48.7 Å². The van der Waals surface area contributed by atoms with Gasteiger partial charge in [0.15, 0.2) is 8.46 Å². The number of methoxy groups -OCH3 is 1. The van der Waals surface area contributed by atoms with Crippen molar-refractivity contribution >= 4 is 32.1 Å². The summed E-state index contributed by atoms with van der Waals surface area (Å²) in [5, 5.41) is 39.8. The van der Waals surface area contributed by atoms with Crippen molar-refractivity contribution < 1.29 is 48.7 Å². The molecule has 1 aliphatic heterocycles. The molecule has 16 nitrogen and oxygen atoms in total. The van der Waals surface area contributed by atoms with Crippen molar-refractivity contribution in [3.8, 4) is 5.75 Å². The Balaban J connectivity index is 2.49. The quantitative estimate of drug-likeness (QED) is 0.150. The third-order valence-electron chi connectivity index (χ3n) is 6.78. The lowest BCUT2D eigenvalue weighted by molar-refractivity contribution is -0.385. The Labute approximate surface area is 244 Å². The summed E-state index contributed by atoms with van der Waals surface area (Å²) in [7, 11) is 1.01. The normalized spacial score (nSPS) is 18.4. The third-order valence-corrected chi connectivity index (χ3v) is 7.59. The maximum absolute atomic E-state index is 12.8. The van der Waals surface area contributed by atoms with E-state index in [2.05, 4.69) is 0 Å². The van der Waals surface area contributed by atoms with Gasteiger partial charge in [0.25, 0.3) is 5.69 Å². The molecular formula is C25H38N5O11P. The second-order valence-electron chi connectivity index (χ2n) is 9.62. The minimum absolute atomic E-state index is 0.173. The monoisotopic (exact) mass is 615 g/mol. The van der Waals surface area contributed by atoms with Gasteiger partial charge in [-0.15, -0.1) is 0 Å². The largest absolute Gasteiger partial charge is 0.496 e. The highest BCUT2D eigenvalue weighted by Gasteiger charge is 2.34. The number of benzene rings is 1. The van der Waals surface area contributed by atoms with Crippen molar-refractivity contribution in [2.24, 2.45) is 0 Å². The third kappa shape index (κ3) is 11.2. The van der Waals surface area contributed by atoms with Gasteiger partial charge in [-0.1, -0.05) is 0 Å². The zero-order valence-corrected chi connectivity index (χ0v) is 24.6. The molecule has 2 atom stereocenters. The Bertz CT molecular complexity index is 1060. The Morgan fingerprint density at radius 1 is 0.905 bits per heavy atom. The first-order valence-corrected chi connectivity index (χ1v) is 14.2. The van der Waals surface area contributed by atoms with Gasteiger partial charge in [-0.25, -0.2) is 0 Å². The second kappa shape index (κ2) is 17.6. The molecule has 2 rings (SSSR count). The van der Waals surface area contributed by atoms with E-state index in [4.69, 9.17) is 9.47 Å². The van der Waals surface area contributed by atoms with Crippen LogP contribution in [0.5, 0.6) is 5.75 Å². The summed E-state index contributed by atoms with van der Waals surface area (Å²) in [6, 6.07) is 4.02. The van der Waals surface area contributed by atoms with E-state index < -0.39 is 34.7 Å².